The molecule has 0 spiro atoms. The normalized spacial score (nSPS) is 18.8. The molecule has 0 bridgehead atoms. The second-order valence-electron chi connectivity index (χ2n) is 11.3. The molecule has 234 valence electrons. The van der Waals surface area contributed by atoms with Gasteiger partial charge in [0.2, 0.25) is 0 Å². The number of imidazole rings is 1. The molecule has 2 N–H and O–H groups in total. The average Bonchev–Trinajstić information content (AvgIpc) is 3.62. The molecule has 1 aliphatic heterocycles. The van der Waals surface area contributed by atoms with Gasteiger partial charge in [0.1, 0.15) is 11.4 Å². The summed E-state index contributed by atoms with van der Waals surface area (Å²) in [5.41, 5.74) is 0.494. The van der Waals surface area contributed by atoms with E-state index in [1.807, 2.05) is 24.3 Å². The summed E-state index contributed by atoms with van der Waals surface area (Å²) in [5, 5.41) is 5.85. The minimum atomic E-state index is -4.51. The lowest BCUT2D eigenvalue weighted by Gasteiger charge is -2.26. The molecule has 44 heavy (non-hydrogen) atoms. The maximum atomic E-state index is 13.5. The molecule has 0 saturated carbocycles. The minimum absolute atomic E-state index is 0.0332. The molecule has 14 heteroatoms. The number of nitrogens with zero attached hydrogens (tertiary/aromatic N) is 2. The Morgan fingerprint density at radius 1 is 1.07 bits per heavy atom. The third-order valence-electron chi connectivity index (χ3n) is 6.69. The first-order valence-corrected chi connectivity index (χ1v) is 14.5. The SMILES string of the molecule is CC(C)(C)OC(=O)O[C@H]1CN[C@H](Cc2ccc(-c3cn4cc(C(F)(F)F)nc4s3)cc2)[C@@H]1OC(=O)NCc1cccc(F)c1. The van der Waals surface area contributed by atoms with Gasteiger partial charge >= 0.3 is 18.4 Å². The molecule has 1 aliphatic rings. The number of alkyl carbamates (subject to hydrolysis) is 1. The molecule has 1 amide bonds. The molecule has 0 radical (unpaired) electrons. The Morgan fingerprint density at radius 2 is 1.82 bits per heavy atom. The lowest BCUT2D eigenvalue weighted by atomic mass is 10.0. The highest BCUT2D eigenvalue weighted by Crippen LogP contribution is 2.33. The fraction of sp³-hybridized carbons (Fsp3) is 0.367. The zero-order chi connectivity index (χ0) is 31.6. The van der Waals surface area contributed by atoms with E-state index in [-0.39, 0.29) is 18.1 Å². The van der Waals surface area contributed by atoms with Crippen molar-refractivity contribution in [1.82, 2.24) is 20.0 Å². The molecule has 2 aromatic carbocycles. The maximum Gasteiger partial charge on any atom is 0.509 e. The molecule has 3 heterocycles. The van der Waals surface area contributed by atoms with Crippen LogP contribution in [-0.2, 0) is 33.4 Å². The van der Waals surface area contributed by atoms with Crippen molar-refractivity contribution >= 4 is 28.5 Å². The van der Waals surface area contributed by atoms with E-state index >= 15 is 0 Å². The van der Waals surface area contributed by atoms with E-state index in [1.54, 1.807) is 33.0 Å². The first-order valence-electron chi connectivity index (χ1n) is 13.7. The molecule has 1 fully saturated rings. The van der Waals surface area contributed by atoms with Gasteiger partial charge in [-0.3, -0.25) is 4.40 Å². The van der Waals surface area contributed by atoms with Crippen LogP contribution in [0.1, 0.15) is 37.6 Å². The third-order valence-corrected chi connectivity index (χ3v) is 7.74. The predicted octanol–water partition coefficient (Wildman–Crippen LogP) is 6.35. The Morgan fingerprint density at radius 3 is 2.48 bits per heavy atom. The van der Waals surface area contributed by atoms with E-state index in [2.05, 4.69) is 15.6 Å². The van der Waals surface area contributed by atoms with Gasteiger partial charge in [-0.1, -0.05) is 47.7 Å². The van der Waals surface area contributed by atoms with E-state index in [9.17, 15) is 27.2 Å². The van der Waals surface area contributed by atoms with Gasteiger partial charge in [0.25, 0.3) is 0 Å². The summed E-state index contributed by atoms with van der Waals surface area (Å²) in [7, 11) is 0. The molecule has 0 aliphatic carbocycles. The van der Waals surface area contributed by atoms with Crippen LogP contribution in [-0.4, -0.2) is 52.0 Å². The Kier molecular flexibility index (Phi) is 8.84. The Hall–Kier alpha value is -4.17. The standard InChI is InChI=1S/C30H30F4N4O5S/c1-29(2,3)43-28(40)41-22-14-35-21(25(22)42-27(39)36-13-18-5-4-6-20(31)11-18)12-17-7-9-19(10-8-17)23-15-38-16-24(30(32,33)34)37-26(38)44-23/h4-11,15-16,21-22,25,35H,12-14H2,1-3H3,(H,36,39)/t21-,22+,25+/m1/s1. The number of fused-ring (bicyclic) bond motifs is 1. The van der Waals surface area contributed by atoms with Gasteiger partial charge in [0.15, 0.2) is 22.9 Å². The Bertz CT molecular complexity index is 1600. The second kappa shape index (κ2) is 12.4. The molecule has 4 aromatic rings. The van der Waals surface area contributed by atoms with Gasteiger partial charge in [0.05, 0.1) is 10.9 Å². The summed E-state index contributed by atoms with van der Waals surface area (Å²) in [6.45, 7) is 5.35. The van der Waals surface area contributed by atoms with Crippen molar-refractivity contribution in [1.29, 1.82) is 0 Å². The minimum Gasteiger partial charge on any atom is -0.441 e. The first kappa shape index (κ1) is 31.3. The molecule has 1 saturated heterocycles. The van der Waals surface area contributed by atoms with Crippen LogP contribution in [0.4, 0.5) is 27.2 Å². The summed E-state index contributed by atoms with van der Waals surface area (Å²) >= 11 is 1.14. The molecule has 5 rings (SSSR count). The largest absolute Gasteiger partial charge is 0.509 e. The van der Waals surface area contributed by atoms with Gasteiger partial charge < -0.3 is 24.8 Å². The van der Waals surface area contributed by atoms with Crippen LogP contribution >= 0.6 is 11.3 Å². The van der Waals surface area contributed by atoms with Gasteiger partial charge in [-0.15, -0.1) is 0 Å². The van der Waals surface area contributed by atoms with Gasteiger partial charge in [0, 0.05) is 25.5 Å². The van der Waals surface area contributed by atoms with Crippen molar-refractivity contribution in [2.45, 2.75) is 63.8 Å². The fourth-order valence-electron chi connectivity index (χ4n) is 4.72. The van der Waals surface area contributed by atoms with Crippen molar-refractivity contribution in [2.75, 3.05) is 6.54 Å². The van der Waals surface area contributed by atoms with Crippen LogP contribution < -0.4 is 10.6 Å². The van der Waals surface area contributed by atoms with E-state index in [0.717, 1.165) is 33.5 Å². The van der Waals surface area contributed by atoms with E-state index in [0.29, 0.717) is 12.0 Å². The van der Waals surface area contributed by atoms with E-state index in [1.165, 1.54) is 22.6 Å². The molecule has 9 nitrogen and oxygen atoms in total. The fourth-order valence-corrected chi connectivity index (χ4v) is 5.69. The quantitative estimate of drug-likeness (QED) is 0.180. The molecule has 2 aromatic heterocycles. The highest BCUT2D eigenvalue weighted by molar-refractivity contribution is 7.20. The number of hydrogen-bond acceptors (Lipinski definition) is 8. The number of amides is 1. The number of halogens is 4. The van der Waals surface area contributed by atoms with Crippen LogP contribution in [0.5, 0.6) is 0 Å². The van der Waals surface area contributed by atoms with Gasteiger partial charge in [-0.2, -0.15) is 13.2 Å². The summed E-state index contributed by atoms with van der Waals surface area (Å²) in [4.78, 5) is 29.8. The van der Waals surface area contributed by atoms with Crippen LogP contribution in [0.25, 0.3) is 15.4 Å². The summed E-state index contributed by atoms with van der Waals surface area (Å²) in [5.74, 6) is -0.432. The lowest BCUT2D eigenvalue weighted by molar-refractivity contribution is -0.140. The second-order valence-corrected chi connectivity index (χ2v) is 12.3. The van der Waals surface area contributed by atoms with Crippen molar-refractivity contribution in [3.8, 4) is 10.4 Å². The van der Waals surface area contributed by atoms with E-state index in [4.69, 9.17) is 14.2 Å². The number of alkyl halides is 3. The third kappa shape index (κ3) is 7.85. The summed E-state index contributed by atoms with van der Waals surface area (Å²) in [6, 6.07) is 12.8. The number of benzene rings is 2. The number of carbonyl (C=O) groups is 2. The van der Waals surface area contributed by atoms with Crippen molar-refractivity contribution < 1.29 is 41.4 Å². The van der Waals surface area contributed by atoms with E-state index < -0.39 is 53.8 Å². The summed E-state index contributed by atoms with van der Waals surface area (Å²) in [6.07, 6.45) is -4.92. The number of hydrogen-bond donors (Lipinski definition) is 2. The average molecular weight is 635 g/mol. The zero-order valence-electron chi connectivity index (χ0n) is 24.0. The highest BCUT2D eigenvalue weighted by atomic mass is 32.1. The van der Waals surface area contributed by atoms with Crippen LogP contribution in [0, 0.1) is 5.82 Å². The van der Waals surface area contributed by atoms with Crippen molar-refractivity contribution in [3.63, 3.8) is 0 Å². The molecule has 3 atom stereocenters. The molecular weight excluding hydrogens is 604 g/mol. The lowest BCUT2D eigenvalue weighted by Crippen LogP contribution is -2.43. The van der Waals surface area contributed by atoms with Crippen molar-refractivity contribution in [3.05, 3.63) is 83.6 Å². The van der Waals surface area contributed by atoms with Gasteiger partial charge in [-0.05, 0) is 56.0 Å². The smallest absolute Gasteiger partial charge is 0.441 e. The first-order chi connectivity index (χ1) is 20.7. The number of ether oxygens (including phenoxy) is 3. The van der Waals surface area contributed by atoms with Crippen LogP contribution in [0.2, 0.25) is 0 Å². The molecular formula is C30H30F4N4O5S. The number of carbonyl (C=O) groups excluding carboxylic acids is 2. The molecule has 0 unspecified atom stereocenters. The van der Waals surface area contributed by atoms with Crippen LogP contribution in [0.15, 0.2) is 60.9 Å². The van der Waals surface area contributed by atoms with Gasteiger partial charge in [-0.25, -0.2) is 19.0 Å². The van der Waals surface area contributed by atoms with Crippen molar-refractivity contribution in [2.24, 2.45) is 0 Å². The Labute approximate surface area is 254 Å². The summed E-state index contributed by atoms with van der Waals surface area (Å²) < 4.78 is 70.3. The number of nitrogens with one attached hydrogen (secondary N) is 2. The zero-order valence-corrected chi connectivity index (χ0v) is 24.8. The number of aromatic nitrogens is 2. The highest BCUT2D eigenvalue weighted by Gasteiger charge is 2.42. The topological polar surface area (TPSA) is 103 Å². The van der Waals surface area contributed by atoms with Crippen LogP contribution in [0.3, 0.4) is 0 Å². The number of thiazole rings is 1. The Balaban J connectivity index is 1.27. The maximum absolute atomic E-state index is 13.5. The predicted molar refractivity (Wildman–Crippen MR) is 154 cm³/mol. The monoisotopic (exact) mass is 634 g/mol. The number of rotatable bonds is 7.